The number of amides is 1. The zero-order chi connectivity index (χ0) is 25.4. The van der Waals surface area contributed by atoms with Gasteiger partial charge in [-0.05, 0) is 56.7 Å². The van der Waals surface area contributed by atoms with Crippen LogP contribution in [-0.4, -0.2) is 36.1 Å². The number of fused-ring (bicyclic) bond motifs is 3. The maximum Gasteiger partial charge on any atom is 0.267 e. The highest BCUT2D eigenvalue weighted by atomic mass is 32.2. The van der Waals surface area contributed by atoms with Gasteiger partial charge in [0.1, 0.15) is 0 Å². The maximum absolute atomic E-state index is 13.5. The number of Topliss-reactive ketones (excluding diaryl/α,β-unsaturated/α-hetero) is 1. The molecule has 1 N–H and O–H groups in total. The minimum Gasteiger partial charge on any atom is -0.325 e. The third-order valence-corrected chi connectivity index (χ3v) is 6.98. The Labute approximate surface area is 211 Å². The molecule has 180 valence electrons. The highest BCUT2D eigenvalue weighted by Gasteiger charge is 2.22. The summed E-state index contributed by atoms with van der Waals surface area (Å²) in [6.45, 7) is 5.19. The lowest BCUT2D eigenvalue weighted by Crippen LogP contribution is -2.24. The molecule has 0 aliphatic carbocycles. The Morgan fingerprint density at radius 3 is 2.50 bits per heavy atom. The topological polar surface area (TPSA) is 98.4 Å². The fourth-order valence-corrected chi connectivity index (χ4v) is 4.91. The monoisotopic (exact) mass is 497 g/mol. The van der Waals surface area contributed by atoms with Crippen LogP contribution in [0.4, 0.5) is 5.69 Å². The quantitative estimate of drug-likeness (QED) is 0.271. The molecule has 2 aromatic heterocycles. The number of thioether (sulfide) groups is 1. The Balaban J connectivity index is 1.56. The van der Waals surface area contributed by atoms with Crippen molar-refractivity contribution >= 4 is 45.8 Å². The molecular formula is C27H23N5O3S. The summed E-state index contributed by atoms with van der Waals surface area (Å²) >= 11 is 1.24. The van der Waals surface area contributed by atoms with Crippen LogP contribution >= 0.6 is 11.8 Å². The lowest BCUT2D eigenvalue weighted by Gasteiger charge is -2.14. The summed E-state index contributed by atoms with van der Waals surface area (Å²) in [7, 11) is 0. The van der Waals surface area contributed by atoms with Gasteiger partial charge in [0, 0.05) is 11.3 Å². The highest BCUT2D eigenvalue weighted by Crippen LogP contribution is 2.27. The first-order chi connectivity index (χ1) is 17.3. The normalized spacial score (nSPS) is 12.1. The van der Waals surface area contributed by atoms with E-state index in [9.17, 15) is 14.4 Å². The molecule has 0 saturated carbocycles. The molecular weight excluding hydrogens is 474 g/mol. The SMILES string of the molecule is CC(=O)c1cccc(NC(=O)C(C)Sc2nnc3n(-c4ccccc4C)c(=O)c4ccccc4n23)c1. The van der Waals surface area contributed by atoms with Crippen molar-refractivity contribution < 1.29 is 9.59 Å². The van der Waals surface area contributed by atoms with E-state index in [0.717, 1.165) is 11.3 Å². The standard InChI is InChI=1S/C27H23N5O3S/c1-16-9-4-6-13-22(16)31-25(35)21-12-5-7-14-23(21)32-26(31)29-30-27(32)36-18(3)24(34)28-20-11-8-10-19(15-20)17(2)33/h4-15,18H,1-3H3,(H,28,34). The van der Waals surface area contributed by atoms with Gasteiger partial charge in [-0.1, -0.05) is 54.2 Å². The number of carbonyl (C=O) groups is 2. The van der Waals surface area contributed by atoms with Crippen LogP contribution in [0.15, 0.2) is 82.7 Å². The molecule has 0 radical (unpaired) electrons. The third kappa shape index (κ3) is 4.18. The van der Waals surface area contributed by atoms with Gasteiger partial charge in [-0.15, -0.1) is 10.2 Å². The molecule has 0 bridgehead atoms. The number of ketones is 1. The summed E-state index contributed by atoms with van der Waals surface area (Å²) in [6.07, 6.45) is 0. The fourth-order valence-electron chi connectivity index (χ4n) is 4.06. The number of nitrogens with zero attached hydrogens (tertiary/aromatic N) is 4. The minimum atomic E-state index is -0.531. The Hall–Kier alpha value is -4.24. The van der Waals surface area contributed by atoms with Crippen molar-refractivity contribution in [2.45, 2.75) is 31.2 Å². The Morgan fingerprint density at radius 1 is 0.972 bits per heavy atom. The second kappa shape index (κ2) is 9.43. The summed E-state index contributed by atoms with van der Waals surface area (Å²) in [4.78, 5) is 38.2. The number of carbonyl (C=O) groups excluding carboxylic acids is 2. The number of benzene rings is 3. The molecule has 3 aromatic carbocycles. The maximum atomic E-state index is 13.5. The lowest BCUT2D eigenvalue weighted by atomic mass is 10.1. The van der Waals surface area contributed by atoms with Gasteiger partial charge >= 0.3 is 0 Å². The second-order valence-electron chi connectivity index (χ2n) is 8.45. The van der Waals surface area contributed by atoms with Crippen molar-refractivity contribution in [2.24, 2.45) is 0 Å². The Kier molecular flexibility index (Phi) is 6.15. The first-order valence-corrected chi connectivity index (χ1v) is 12.3. The first-order valence-electron chi connectivity index (χ1n) is 11.4. The molecule has 1 amide bonds. The number of aryl methyl sites for hydroxylation is 1. The summed E-state index contributed by atoms with van der Waals surface area (Å²) < 4.78 is 3.38. The van der Waals surface area contributed by atoms with E-state index in [1.807, 2.05) is 53.8 Å². The van der Waals surface area contributed by atoms with E-state index in [0.29, 0.717) is 33.1 Å². The molecule has 5 rings (SSSR count). The smallest absolute Gasteiger partial charge is 0.267 e. The number of rotatable bonds is 6. The number of nitrogens with one attached hydrogen (secondary N) is 1. The van der Waals surface area contributed by atoms with Crippen LogP contribution in [0.5, 0.6) is 0 Å². The van der Waals surface area contributed by atoms with Gasteiger partial charge in [0.05, 0.1) is 21.8 Å². The second-order valence-corrected chi connectivity index (χ2v) is 9.76. The molecule has 0 fully saturated rings. The molecule has 0 saturated heterocycles. The van der Waals surface area contributed by atoms with Gasteiger partial charge < -0.3 is 5.32 Å². The molecule has 1 atom stereocenters. The van der Waals surface area contributed by atoms with E-state index in [1.165, 1.54) is 18.7 Å². The van der Waals surface area contributed by atoms with Gasteiger partial charge in [-0.3, -0.25) is 18.8 Å². The van der Waals surface area contributed by atoms with Gasteiger partial charge in [-0.2, -0.15) is 0 Å². The van der Waals surface area contributed by atoms with Crippen LogP contribution in [0.25, 0.3) is 22.4 Å². The molecule has 36 heavy (non-hydrogen) atoms. The van der Waals surface area contributed by atoms with Crippen LogP contribution in [0.2, 0.25) is 0 Å². The summed E-state index contributed by atoms with van der Waals surface area (Å²) in [5, 5.41) is 12.1. The molecule has 5 aromatic rings. The molecule has 8 nitrogen and oxygen atoms in total. The fraction of sp³-hybridized carbons (Fsp3) is 0.148. The molecule has 9 heteroatoms. The average Bonchev–Trinajstić information content (AvgIpc) is 3.28. The zero-order valence-electron chi connectivity index (χ0n) is 19.9. The predicted molar refractivity (Wildman–Crippen MR) is 141 cm³/mol. The molecule has 2 heterocycles. The van der Waals surface area contributed by atoms with Crippen molar-refractivity contribution in [3.05, 3.63) is 94.3 Å². The minimum absolute atomic E-state index is 0.0740. The number of hydrogen-bond donors (Lipinski definition) is 1. The van der Waals surface area contributed by atoms with Crippen LogP contribution in [-0.2, 0) is 4.79 Å². The number of hydrogen-bond acceptors (Lipinski definition) is 6. The molecule has 0 spiro atoms. The van der Waals surface area contributed by atoms with Crippen molar-refractivity contribution in [3.63, 3.8) is 0 Å². The largest absolute Gasteiger partial charge is 0.325 e. The van der Waals surface area contributed by atoms with Crippen LogP contribution < -0.4 is 10.9 Å². The highest BCUT2D eigenvalue weighted by molar-refractivity contribution is 8.00. The van der Waals surface area contributed by atoms with Crippen LogP contribution in [0, 0.1) is 6.92 Å². The lowest BCUT2D eigenvalue weighted by molar-refractivity contribution is -0.115. The Bertz CT molecular complexity index is 1710. The van der Waals surface area contributed by atoms with E-state index in [2.05, 4.69) is 15.5 Å². The van der Waals surface area contributed by atoms with Crippen molar-refractivity contribution in [1.82, 2.24) is 19.2 Å². The summed E-state index contributed by atoms with van der Waals surface area (Å²) in [6, 6.07) is 21.7. The van der Waals surface area contributed by atoms with Gasteiger partial charge in [0.2, 0.25) is 11.7 Å². The average molecular weight is 498 g/mol. The summed E-state index contributed by atoms with van der Waals surface area (Å²) in [5.41, 5.74) is 3.19. The van der Waals surface area contributed by atoms with Crippen LogP contribution in [0.3, 0.4) is 0 Å². The number of para-hydroxylation sites is 2. The van der Waals surface area contributed by atoms with Crippen molar-refractivity contribution in [1.29, 1.82) is 0 Å². The van der Waals surface area contributed by atoms with E-state index < -0.39 is 5.25 Å². The van der Waals surface area contributed by atoms with E-state index >= 15 is 0 Å². The predicted octanol–water partition coefficient (Wildman–Crippen LogP) is 4.66. The number of anilines is 1. The summed E-state index contributed by atoms with van der Waals surface area (Å²) in [5.74, 6) is 0.0567. The Morgan fingerprint density at radius 2 is 1.72 bits per heavy atom. The number of aromatic nitrogens is 4. The first kappa shape index (κ1) is 23.5. The molecule has 0 aliphatic heterocycles. The van der Waals surface area contributed by atoms with E-state index in [4.69, 9.17) is 0 Å². The van der Waals surface area contributed by atoms with E-state index in [1.54, 1.807) is 41.8 Å². The molecule has 0 aliphatic rings. The van der Waals surface area contributed by atoms with Gasteiger partial charge in [-0.25, -0.2) is 4.57 Å². The zero-order valence-corrected chi connectivity index (χ0v) is 20.7. The molecule has 1 unspecified atom stereocenters. The van der Waals surface area contributed by atoms with Crippen molar-refractivity contribution in [2.75, 3.05) is 5.32 Å². The van der Waals surface area contributed by atoms with E-state index in [-0.39, 0.29) is 17.2 Å². The van der Waals surface area contributed by atoms with Gasteiger partial charge in [0.25, 0.3) is 5.56 Å². The van der Waals surface area contributed by atoms with Crippen LogP contribution in [0.1, 0.15) is 29.8 Å². The third-order valence-electron chi connectivity index (χ3n) is 5.94. The van der Waals surface area contributed by atoms with Crippen molar-refractivity contribution in [3.8, 4) is 5.69 Å². The van der Waals surface area contributed by atoms with Gasteiger partial charge in [0.15, 0.2) is 10.9 Å².